The number of hydrazine groups is 1. The Balaban J connectivity index is 1.47. The van der Waals surface area contributed by atoms with Gasteiger partial charge in [0.15, 0.2) is 12.2 Å². The van der Waals surface area contributed by atoms with Gasteiger partial charge in [-0.15, -0.1) is 0 Å². The molecular weight excluding hydrogens is 327 g/mol. The monoisotopic (exact) mass is 344 g/mol. The fraction of sp³-hybridized carbons (Fsp3) is 0.222. The molecule has 0 saturated carbocycles. The number of hydrogen-bond donors (Lipinski definition) is 2. The summed E-state index contributed by atoms with van der Waals surface area (Å²) < 4.78 is 23.8. The third-order valence-electron chi connectivity index (χ3n) is 3.74. The lowest BCUT2D eigenvalue weighted by molar-refractivity contribution is -0.135. The number of carbonyl (C=O) groups is 2. The van der Waals surface area contributed by atoms with E-state index in [9.17, 15) is 14.0 Å². The highest BCUT2D eigenvalue weighted by atomic mass is 19.1. The predicted molar refractivity (Wildman–Crippen MR) is 87.3 cm³/mol. The second-order valence-corrected chi connectivity index (χ2v) is 5.61. The molecule has 0 unspecified atom stereocenters. The van der Waals surface area contributed by atoms with E-state index in [4.69, 9.17) is 9.47 Å². The Labute approximate surface area is 143 Å². The molecule has 3 rings (SSSR count). The summed E-state index contributed by atoms with van der Waals surface area (Å²) in [6.07, 6.45) is -1.11. The van der Waals surface area contributed by atoms with Crippen LogP contribution in [-0.2, 0) is 16.0 Å². The lowest BCUT2D eigenvalue weighted by Crippen LogP contribution is -2.51. The number of fused-ring (bicyclic) bond motifs is 1. The maximum atomic E-state index is 12.8. The van der Waals surface area contributed by atoms with Crippen LogP contribution in [0, 0.1) is 5.82 Å². The van der Waals surface area contributed by atoms with Crippen LogP contribution in [0.25, 0.3) is 0 Å². The van der Waals surface area contributed by atoms with E-state index in [2.05, 4.69) is 10.9 Å². The molecular formula is C18H17FN2O4. The van der Waals surface area contributed by atoms with E-state index in [-0.39, 0.29) is 0 Å². The third-order valence-corrected chi connectivity index (χ3v) is 3.74. The van der Waals surface area contributed by atoms with E-state index in [0.717, 1.165) is 5.56 Å². The van der Waals surface area contributed by atoms with E-state index in [0.29, 0.717) is 17.9 Å². The quantitative estimate of drug-likeness (QED) is 0.829. The first-order chi connectivity index (χ1) is 12.0. The normalized spacial score (nSPS) is 16.3. The van der Waals surface area contributed by atoms with Crippen LogP contribution >= 0.6 is 0 Å². The van der Waals surface area contributed by atoms with Gasteiger partial charge < -0.3 is 9.47 Å². The van der Waals surface area contributed by atoms with E-state index in [1.165, 1.54) is 31.2 Å². The molecule has 2 N–H and O–H groups in total. The van der Waals surface area contributed by atoms with Crippen molar-refractivity contribution in [2.45, 2.75) is 25.6 Å². The number of para-hydroxylation sites is 1. The molecule has 0 radical (unpaired) electrons. The second-order valence-electron chi connectivity index (χ2n) is 5.61. The average Bonchev–Trinajstić information content (AvgIpc) is 3.05. The molecule has 6 nitrogen and oxygen atoms in total. The van der Waals surface area contributed by atoms with Crippen molar-refractivity contribution in [2.24, 2.45) is 0 Å². The van der Waals surface area contributed by atoms with Crippen molar-refractivity contribution in [1.29, 1.82) is 0 Å². The van der Waals surface area contributed by atoms with Gasteiger partial charge in [-0.2, -0.15) is 0 Å². The Morgan fingerprint density at radius 1 is 1.16 bits per heavy atom. The number of amides is 2. The number of nitrogens with one attached hydrogen (secondary N) is 2. The van der Waals surface area contributed by atoms with E-state index in [1.54, 1.807) is 6.07 Å². The van der Waals surface area contributed by atoms with Crippen molar-refractivity contribution >= 4 is 11.8 Å². The average molecular weight is 344 g/mol. The molecule has 130 valence electrons. The first kappa shape index (κ1) is 16.8. The highest BCUT2D eigenvalue weighted by Gasteiger charge is 2.29. The standard InChI is InChI=1S/C18H17FN2O4/c1-11(24-14-8-6-13(19)7-9-14)17(22)20-21-18(23)16-10-12-4-2-3-5-15(12)25-16/h2-9,11,16H,10H2,1H3,(H,20,22)(H,21,23)/t11-,16+/m1/s1. The molecule has 0 aromatic heterocycles. The molecule has 2 atom stereocenters. The topological polar surface area (TPSA) is 76.7 Å². The van der Waals surface area contributed by atoms with Gasteiger partial charge in [0.1, 0.15) is 17.3 Å². The number of rotatable bonds is 4. The minimum atomic E-state index is -0.868. The molecule has 2 aromatic carbocycles. The zero-order valence-corrected chi connectivity index (χ0v) is 13.5. The Hall–Kier alpha value is -3.09. The van der Waals surface area contributed by atoms with Crippen molar-refractivity contribution < 1.29 is 23.5 Å². The maximum absolute atomic E-state index is 12.8. The van der Waals surface area contributed by atoms with E-state index >= 15 is 0 Å². The summed E-state index contributed by atoms with van der Waals surface area (Å²) in [7, 11) is 0. The van der Waals surface area contributed by atoms with Crippen LogP contribution in [0.4, 0.5) is 4.39 Å². The summed E-state index contributed by atoms with van der Waals surface area (Å²) in [6.45, 7) is 1.52. The Morgan fingerprint density at radius 3 is 2.60 bits per heavy atom. The van der Waals surface area contributed by atoms with Crippen molar-refractivity contribution in [3.05, 3.63) is 59.9 Å². The SMILES string of the molecule is C[C@@H](Oc1ccc(F)cc1)C(=O)NNC(=O)[C@@H]1Cc2ccccc2O1. The molecule has 0 saturated heterocycles. The van der Waals surface area contributed by atoms with Crippen LogP contribution in [0.2, 0.25) is 0 Å². The Morgan fingerprint density at radius 2 is 1.88 bits per heavy atom. The van der Waals surface area contributed by atoms with Gasteiger partial charge in [-0.1, -0.05) is 18.2 Å². The van der Waals surface area contributed by atoms with Gasteiger partial charge in [-0.3, -0.25) is 20.4 Å². The molecule has 0 aliphatic carbocycles. The molecule has 1 heterocycles. The number of hydrogen-bond acceptors (Lipinski definition) is 4. The van der Waals surface area contributed by atoms with Gasteiger partial charge in [0.05, 0.1) is 0 Å². The van der Waals surface area contributed by atoms with Crippen LogP contribution in [0.5, 0.6) is 11.5 Å². The van der Waals surface area contributed by atoms with Crippen molar-refractivity contribution in [1.82, 2.24) is 10.9 Å². The highest BCUT2D eigenvalue weighted by Crippen LogP contribution is 2.27. The van der Waals surface area contributed by atoms with Crippen LogP contribution in [0.15, 0.2) is 48.5 Å². The number of benzene rings is 2. The van der Waals surface area contributed by atoms with Gasteiger partial charge in [0, 0.05) is 6.42 Å². The molecule has 2 aromatic rings. The first-order valence-electron chi connectivity index (χ1n) is 7.79. The zero-order valence-electron chi connectivity index (χ0n) is 13.5. The minimum absolute atomic E-state index is 0.352. The summed E-state index contributed by atoms with van der Waals surface area (Å²) in [6, 6.07) is 12.7. The highest BCUT2D eigenvalue weighted by molar-refractivity contribution is 5.87. The van der Waals surface area contributed by atoms with E-state index in [1.807, 2.05) is 18.2 Å². The van der Waals surface area contributed by atoms with Crippen molar-refractivity contribution in [3.8, 4) is 11.5 Å². The van der Waals surface area contributed by atoms with Gasteiger partial charge in [-0.05, 0) is 42.8 Å². The third kappa shape index (κ3) is 4.06. The van der Waals surface area contributed by atoms with Gasteiger partial charge in [0.25, 0.3) is 11.8 Å². The summed E-state index contributed by atoms with van der Waals surface area (Å²) in [5, 5.41) is 0. The lowest BCUT2D eigenvalue weighted by Gasteiger charge is -2.16. The Kier molecular flexibility index (Phi) is 4.83. The fourth-order valence-corrected chi connectivity index (χ4v) is 2.40. The molecule has 7 heteroatoms. The van der Waals surface area contributed by atoms with Crippen LogP contribution in [0.3, 0.4) is 0 Å². The summed E-state index contributed by atoms with van der Waals surface area (Å²) in [5.74, 6) is -0.354. The molecule has 1 aliphatic rings. The maximum Gasteiger partial charge on any atom is 0.279 e. The number of ether oxygens (including phenoxy) is 2. The molecule has 0 bridgehead atoms. The first-order valence-corrected chi connectivity index (χ1v) is 7.79. The minimum Gasteiger partial charge on any atom is -0.481 e. The summed E-state index contributed by atoms with van der Waals surface area (Å²) >= 11 is 0. The van der Waals surface area contributed by atoms with Crippen molar-refractivity contribution in [2.75, 3.05) is 0 Å². The lowest BCUT2D eigenvalue weighted by atomic mass is 10.1. The number of carbonyl (C=O) groups excluding carboxylic acids is 2. The molecule has 1 aliphatic heterocycles. The fourth-order valence-electron chi connectivity index (χ4n) is 2.40. The molecule has 0 spiro atoms. The van der Waals surface area contributed by atoms with Crippen LogP contribution < -0.4 is 20.3 Å². The second kappa shape index (κ2) is 7.21. The van der Waals surface area contributed by atoms with Crippen LogP contribution in [-0.4, -0.2) is 24.0 Å². The summed E-state index contributed by atoms with van der Waals surface area (Å²) in [5.41, 5.74) is 5.58. The largest absolute Gasteiger partial charge is 0.481 e. The van der Waals surface area contributed by atoms with Gasteiger partial charge in [-0.25, -0.2) is 4.39 Å². The molecule has 0 fully saturated rings. The number of halogens is 1. The zero-order chi connectivity index (χ0) is 17.8. The smallest absolute Gasteiger partial charge is 0.279 e. The molecule has 25 heavy (non-hydrogen) atoms. The van der Waals surface area contributed by atoms with E-state index < -0.39 is 29.8 Å². The molecule has 2 amide bonds. The summed E-state index contributed by atoms with van der Waals surface area (Å²) in [4.78, 5) is 24.1. The predicted octanol–water partition coefficient (Wildman–Crippen LogP) is 1.74. The van der Waals surface area contributed by atoms with Crippen LogP contribution in [0.1, 0.15) is 12.5 Å². The van der Waals surface area contributed by atoms with Gasteiger partial charge in [0.2, 0.25) is 0 Å². The Bertz CT molecular complexity index is 754. The van der Waals surface area contributed by atoms with Crippen molar-refractivity contribution in [3.63, 3.8) is 0 Å². The van der Waals surface area contributed by atoms with Gasteiger partial charge >= 0.3 is 0 Å².